The first kappa shape index (κ1) is 31.7. The van der Waals surface area contributed by atoms with Crippen LogP contribution in [0, 0.1) is 0 Å². The molecule has 0 saturated heterocycles. The van der Waals surface area contributed by atoms with Gasteiger partial charge >= 0.3 is 5.97 Å². The van der Waals surface area contributed by atoms with Gasteiger partial charge in [0.1, 0.15) is 18.1 Å². The minimum absolute atomic E-state index is 0.0125. The molecule has 15 nitrogen and oxygen atoms in total. The Morgan fingerprint density at radius 3 is 2.05 bits per heavy atom. The minimum Gasteiger partial charge on any atom is -0.480 e. The number of fused-ring (bicyclic) bond motifs is 1. The molecular weight excluding hydrogens is 524 g/mol. The lowest BCUT2D eigenvalue weighted by atomic mass is 10.0. The second kappa shape index (κ2) is 15.2. The van der Waals surface area contributed by atoms with Crippen LogP contribution in [0.3, 0.4) is 0 Å². The average Bonchev–Trinajstić information content (AvgIpc) is 3.29. The van der Waals surface area contributed by atoms with Crippen molar-refractivity contribution in [2.75, 3.05) is 6.54 Å². The molecule has 0 spiro atoms. The van der Waals surface area contributed by atoms with Crippen LogP contribution in [-0.2, 0) is 35.2 Å². The fourth-order valence-corrected chi connectivity index (χ4v) is 4.03. The van der Waals surface area contributed by atoms with Crippen molar-refractivity contribution in [1.29, 1.82) is 0 Å². The van der Waals surface area contributed by atoms with Crippen molar-refractivity contribution >= 4 is 46.4 Å². The Morgan fingerprint density at radius 2 is 1.43 bits per heavy atom. The Hall–Kier alpha value is -4.50. The Balaban J connectivity index is 2.31. The van der Waals surface area contributed by atoms with Crippen molar-refractivity contribution in [3.05, 3.63) is 36.0 Å². The summed E-state index contributed by atoms with van der Waals surface area (Å²) in [5.41, 5.74) is 23.0. The smallest absolute Gasteiger partial charge is 0.326 e. The highest BCUT2D eigenvalue weighted by molar-refractivity contribution is 5.96. The zero-order chi connectivity index (χ0) is 29.8. The molecule has 13 N–H and O–H groups in total. The normalized spacial score (nSPS) is 13.9. The predicted molar refractivity (Wildman–Crippen MR) is 144 cm³/mol. The number of hydrogen-bond donors (Lipinski definition) is 9. The molecule has 4 atom stereocenters. The monoisotopic (exact) mass is 560 g/mol. The van der Waals surface area contributed by atoms with Gasteiger partial charge in [0.25, 0.3) is 0 Å². The number of primary amides is 2. The van der Waals surface area contributed by atoms with E-state index in [1.54, 1.807) is 12.3 Å². The van der Waals surface area contributed by atoms with E-state index < -0.39 is 72.5 Å². The maximum atomic E-state index is 13.5. The van der Waals surface area contributed by atoms with Crippen LogP contribution in [0.5, 0.6) is 0 Å². The number of aromatic nitrogens is 1. The molecule has 1 aromatic heterocycles. The number of H-pyrrole nitrogens is 1. The SMILES string of the molecule is NCCCCC(NC(=O)C(Cc1c[nH]c2ccccc12)NC(=O)C(N)CC(N)=O)C(=O)NC(CC(N)=O)C(=O)O. The number of aliphatic carboxylic acids is 1. The predicted octanol–water partition coefficient (Wildman–Crippen LogP) is -2.54. The molecule has 40 heavy (non-hydrogen) atoms. The summed E-state index contributed by atoms with van der Waals surface area (Å²) in [6.45, 7) is 0.318. The number of carbonyl (C=O) groups excluding carboxylic acids is 5. The maximum Gasteiger partial charge on any atom is 0.326 e. The van der Waals surface area contributed by atoms with Gasteiger partial charge in [0.2, 0.25) is 29.5 Å². The van der Waals surface area contributed by atoms with Gasteiger partial charge in [0.05, 0.1) is 18.9 Å². The first-order valence-electron chi connectivity index (χ1n) is 12.6. The minimum atomic E-state index is -1.60. The summed E-state index contributed by atoms with van der Waals surface area (Å²) in [4.78, 5) is 76.3. The van der Waals surface area contributed by atoms with Gasteiger partial charge in [-0.1, -0.05) is 18.2 Å². The Bertz CT molecular complexity index is 1230. The molecule has 2 rings (SSSR count). The van der Waals surface area contributed by atoms with Gasteiger partial charge in [-0.25, -0.2) is 4.79 Å². The van der Waals surface area contributed by atoms with Crippen LogP contribution >= 0.6 is 0 Å². The van der Waals surface area contributed by atoms with Crippen molar-refractivity contribution in [3.63, 3.8) is 0 Å². The number of nitrogens with two attached hydrogens (primary N) is 4. The Labute approximate surface area is 229 Å². The van der Waals surface area contributed by atoms with E-state index in [2.05, 4.69) is 20.9 Å². The van der Waals surface area contributed by atoms with E-state index >= 15 is 0 Å². The molecule has 218 valence electrons. The molecule has 0 aliphatic carbocycles. The highest BCUT2D eigenvalue weighted by atomic mass is 16.4. The number of unbranched alkanes of at least 4 members (excludes halogenated alkanes) is 1. The molecule has 1 aromatic carbocycles. The van der Waals surface area contributed by atoms with Crippen LogP contribution in [0.1, 0.15) is 37.7 Å². The summed E-state index contributed by atoms with van der Waals surface area (Å²) < 4.78 is 0. The standard InChI is InChI=1S/C25H36N8O7/c26-8-4-3-7-17(23(37)33-19(25(39)40)11-21(29)35)31-24(38)18(32-22(36)15(27)10-20(28)34)9-13-12-30-16-6-2-1-5-14(13)16/h1-2,5-6,12,15,17-19,30H,3-4,7-11,26-27H2,(H2,28,34)(H2,29,35)(H,31,38)(H,32,36)(H,33,37)(H,39,40). The summed E-state index contributed by atoms with van der Waals surface area (Å²) in [5.74, 6) is -5.66. The molecule has 5 amide bonds. The number of para-hydroxylation sites is 1. The summed E-state index contributed by atoms with van der Waals surface area (Å²) in [7, 11) is 0. The lowest BCUT2D eigenvalue weighted by Crippen LogP contribution is -2.58. The number of amides is 5. The zero-order valence-corrected chi connectivity index (χ0v) is 21.9. The molecule has 2 aromatic rings. The summed E-state index contributed by atoms with van der Waals surface area (Å²) >= 11 is 0. The van der Waals surface area contributed by atoms with Crippen LogP contribution in [0.2, 0.25) is 0 Å². The van der Waals surface area contributed by atoms with Gasteiger partial charge in [0, 0.05) is 23.5 Å². The Kier molecular flexibility index (Phi) is 12.0. The lowest BCUT2D eigenvalue weighted by Gasteiger charge is -2.25. The van der Waals surface area contributed by atoms with Crippen LogP contribution in [0.4, 0.5) is 0 Å². The highest BCUT2D eigenvalue weighted by Gasteiger charge is 2.31. The van der Waals surface area contributed by atoms with Crippen molar-refractivity contribution in [3.8, 4) is 0 Å². The van der Waals surface area contributed by atoms with E-state index in [0.29, 0.717) is 24.9 Å². The van der Waals surface area contributed by atoms with Gasteiger partial charge < -0.3 is 49.0 Å². The average molecular weight is 561 g/mol. The topological polar surface area (TPSA) is 279 Å². The van der Waals surface area contributed by atoms with E-state index in [1.807, 2.05) is 18.2 Å². The number of carboxylic acid groups (broad SMARTS) is 1. The van der Waals surface area contributed by atoms with Crippen LogP contribution in [0.25, 0.3) is 10.9 Å². The van der Waals surface area contributed by atoms with Gasteiger partial charge in [-0.3, -0.25) is 24.0 Å². The molecule has 0 radical (unpaired) electrons. The van der Waals surface area contributed by atoms with Gasteiger partial charge in [-0.2, -0.15) is 0 Å². The number of aromatic amines is 1. The number of benzene rings is 1. The molecule has 0 aliphatic rings. The largest absolute Gasteiger partial charge is 0.480 e. The molecule has 0 bridgehead atoms. The third-order valence-electron chi connectivity index (χ3n) is 6.09. The van der Waals surface area contributed by atoms with Gasteiger partial charge in [0.15, 0.2) is 0 Å². The maximum absolute atomic E-state index is 13.5. The van der Waals surface area contributed by atoms with Gasteiger partial charge in [-0.05, 0) is 37.4 Å². The van der Waals surface area contributed by atoms with Gasteiger partial charge in [-0.15, -0.1) is 0 Å². The number of nitrogens with one attached hydrogen (secondary N) is 4. The quantitative estimate of drug-likeness (QED) is 0.0920. The van der Waals surface area contributed by atoms with Crippen LogP contribution in [-0.4, -0.2) is 76.3 Å². The molecule has 15 heteroatoms. The molecular formula is C25H36N8O7. The molecule has 0 aliphatic heterocycles. The number of carbonyl (C=O) groups is 6. The summed E-state index contributed by atoms with van der Waals surface area (Å²) in [5, 5.41) is 17.5. The molecule has 0 saturated carbocycles. The molecule has 0 fully saturated rings. The highest BCUT2D eigenvalue weighted by Crippen LogP contribution is 2.19. The van der Waals surface area contributed by atoms with E-state index in [4.69, 9.17) is 22.9 Å². The number of rotatable bonds is 17. The molecule has 1 heterocycles. The summed E-state index contributed by atoms with van der Waals surface area (Å²) in [6.07, 6.45) is 1.57. The van der Waals surface area contributed by atoms with E-state index in [9.17, 15) is 33.9 Å². The van der Waals surface area contributed by atoms with Crippen molar-refractivity contribution in [2.45, 2.75) is 62.7 Å². The van der Waals surface area contributed by atoms with E-state index in [0.717, 1.165) is 10.9 Å². The molecule has 4 unspecified atom stereocenters. The second-order valence-corrected chi connectivity index (χ2v) is 9.32. The zero-order valence-electron chi connectivity index (χ0n) is 21.9. The fourth-order valence-electron chi connectivity index (χ4n) is 4.03. The van der Waals surface area contributed by atoms with E-state index in [-0.39, 0.29) is 12.8 Å². The first-order valence-corrected chi connectivity index (χ1v) is 12.6. The third-order valence-corrected chi connectivity index (χ3v) is 6.09. The fraction of sp³-hybridized carbons (Fsp3) is 0.440. The van der Waals surface area contributed by atoms with Crippen LogP contribution in [0.15, 0.2) is 30.5 Å². The van der Waals surface area contributed by atoms with Crippen molar-refractivity contribution in [2.24, 2.45) is 22.9 Å². The van der Waals surface area contributed by atoms with Crippen molar-refractivity contribution < 1.29 is 33.9 Å². The number of hydrogen-bond acceptors (Lipinski definition) is 8. The lowest BCUT2D eigenvalue weighted by molar-refractivity contribution is -0.143. The second-order valence-electron chi connectivity index (χ2n) is 9.32. The summed E-state index contributed by atoms with van der Waals surface area (Å²) in [6, 6.07) is 1.90. The van der Waals surface area contributed by atoms with E-state index in [1.165, 1.54) is 0 Å². The first-order chi connectivity index (χ1) is 18.9. The number of carboxylic acids is 1. The Morgan fingerprint density at radius 1 is 0.825 bits per heavy atom. The third kappa shape index (κ3) is 9.67. The van der Waals surface area contributed by atoms with Crippen LogP contribution < -0.4 is 38.9 Å². The van der Waals surface area contributed by atoms with Crippen molar-refractivity contribution in [1.82, 2.24) is 20.9 Å².